The first-order valence-electron chi connectivity index (χ1n) is 7.69. The molecule has 0 atom stereocenters. The second-order valence-electron chi connectivity index (χ2n) is 7.03. The third kappa shape index (κ3) is 2.89. The fourth-order valence-electron chi connectivity index (χ4n) is 2.96. The molecule has 4 heteroatoms. The summed E-state index contributed by atoms with van der Waals surface area (Å²) < 4.78 is 5.45. The van der Waals surface area contributed by atoms with Gasteiger partial charge in [-0.2, -0.15) is 0 Å². The molecule has 0 spiro atoms. The second kappa shape index (κ2) is 5.30. The average Bonchev–Trinajstić information content (AvgIpc) is 3.03. The molecule has 0 aliphatic heterocycles. The summed E-state index contributed by atoms with van der Waals surface area (Å²) in [6, 6.07) is 9.60. The summed E-state index contributed by atoms with van der Waals surface area (Å²) in [7, 11) is 0. The predicted molar refractivity (Wildman–Crippen MR) is 90.2 cm³/mol. The van der Waals surface area contributed by atoms with Crippen LogP contribution >= 0.6 is 0 Å². The molecule has 0 aliphatic rings. The van der Waals surface area contributed by atoms with E-state index in [0.717, 1.165) is 16.6 Å². The molecular weight excluding hydrogens is 290 g/mol. The quantitative estimate of drug-likeness (QED) is 0.739. The number of benzene rings is 1. The van der Waals surface area contributed by atoms with Gasteiger partial charge in [0.05, 0.1) is 0 Å². The molecule has 0 bridgehead atoms. The molecule has 0 saturated carbocycles. The van der Waals surface area contributed by atoms with Gasteiger partial charge >= 0.3 is 5.97 Å². The number of carboxylic acids is 1. The van der Waals surface area contributed by atoms with Crippen LogP contribution in [0.25, 0.3) is 10.9 Å². The Morgan fingerprint density at radius 3 is 2.57 bits per heavy atom. The lowest BCUT2D eigenvalue weighted by Gasteiger charge is -2.19. The first kappa shape index (κ1) is 15.4. The number of hydrogen-bond acceptors (Lipinski definition) is 2. The Morgan fingerprint density at radius 1 is 1.22 bits per heavy atom. The summed E-state index contributed by atoms with van der Waals surface area (Å²) in [5.74, 6) is -0.399. The molecule has 23 heavy (non-hydrogen) atoms. The second-order valence-corrected chi connectivity index (χ2v) is 7.03. The number of carboxylic acid groups (broad SMARTS) is 1. The van der Waals surface area contributed by atoms with Gasteiger partial charge in [-0.15, -0.1) is 0 Å². The number of nitrogens with one attached hydrogen (secondary N) is 1. The van der Waals surface area contributed by atoms with Crippen molar-refractivity contribution in [3.8, 4) is 0 Å². The summed E-state index contributed by atoms with van der Waals surface area (Å²) in [6.45, 7) is 8.57. The Morgan fingerprint density at radius 2 is 1.96 bits per heavy atom. The maximum Gasteiger partial charge on any atom is 0.371 e. The smallest absolute Gasteiger partial charge is 0.371 e. The Balaban J connectivity index is 2.12. The number of aromatic nitrogens is 1. The lowest BCUT2D eigenvalue weighted by molar-refractivity contribution is 0.0660. The van der Waals surface area contributed by atoms with Crippen LogP contribution < -0.4 is 0 Å². The number of aromatic carboxylic acids is 1. The highest BCUT2D eigenvalue weighted by molar-refractivity contribution is 5.86. The van der Waals surface area contributed by atoms with Crippen LogP contribution in [0.1, 0.15) is 53.9 Å². The lowest BCUT2D eigenvalue weighted by atomic mass is 9.87. The van der Waals surface area contributed by atoms with Crippen LogP contribution in [0.2, 0.25) is 0 Å². The minimum absolute atomic E-state index is 0.0204. The van der Waals surface area contributed by atoms with Gasteiger partial charge in [0.15, 0.2) is 0 Å². The summed E-state index contributed by atoms with van der Waals surface area (Å²) in [5, 5.41) is 10.2. The average molecular weight is 311 g/mol. The first-order valence-corrected chi connectivity index (χ1v) is 7.69. The highest BCUT2D eigenvalue weighted by Gasteiger charge is 2.23. The van der Waals surface area contributed by atoms with E-state index < -0.39 is 5.97 Å². The van der Waals surface area contributed by atoms with Gasteiger partial charge in [-0.3, -0.25) is 0 Å². The third-order valence-corrected chi connectivity index (χ3v) is 4.04. The van der Waals surface area contributed by atoms with Gasteiger partial charge in [0.25, 0.3) is 0 Å². The SMILES string of the molecule is Cc1ccc2c(Cc3ccc(C(=O)O)o3)c(C(C)(C)C)[nH]c2c1. The topological polar surface area (TPSA) is 66.2 Å². The molecule has 0 radical (unpaired) electrons. The van der Waals surface area contributed by atoms with Crippen molar-refractivity contribution in [2.45, 2.75) is 39.5 Å². The van der Waals surface area contributed by atoms with Gasteiger partial charge in [-0.25, -0.2) is 4.79 Å². The van der Waals surface area contributed by atoms with Crippen LogP contribution in [0.15, 0.2) is 34.7 Å². The van der Waals surface area contributed by atoms with Crippen molar-refractivity contribution in [2.75, 3.05) is 0 Å². The van der Waals surface area contributed by atoms with Crippen LogP contribution in [0.4, 0.5) is 0 Å². The number of H-pyrrole nitrogens is 1. The molecule has 120 valence electrons. The molecule has 2 N–H and O–H groups in total. The predicted octanol–water partition coefficient (Wildman–Crippen LogP) is 4.66. The number of rotatable bonds is 3. The number of carbonyl (C=O) groups is 1. The van der Waals surface area contributed by atoms with Gasteiger partial charge in [0.2, 0.25) is 5.76 Å². The number of fused-ring (bicyclic) bond motifs is 1. The van der Waals surface area contributed by atoms with Crippen molar-refractivity contribution in [3.05, 3.63) is 58.7 Å². The Bertz CT molecular complexity index is 878. The Kier molecular flexibility index (Phi) is 3.55. The maximum absolute atomic E-state index is 11.0. The number of aryl methyl sites for hydroxylation is 1. The third-order valence-electron chi connectivity index (χ3n) is 4.04. The van der Waals surface area contributed by atoms with Gasteiger partial charge in [0, 0.05) is 28.4 Å². The van der Waals surface area contributed by atoms with Crippen LogP contribution in [0.3, 0.4) is 0 Å². The van der Waals surface area contributed by atoms with E-state index in [2.05, 4.69) is 50.9 Å². The zero-order chi connectivity index (χ0) is 16.8. The highest BCUT2D eigenvalue weighted by atomic mass is 16.4. The largest absolute Gasteiger partial charge is 0.475 e. The molecule has 3 aromatic rings. The molecule has 0 saturated heterocycles. The van der Waals surface area contributed by atoms with Crippen LogP contribution in [0, 0.1) is 6.92 Å². The van der Waals surface area contributed by atoms with Crippen molar-refractivity contribution in [2.24, 2.45) is 0 Å². The highest BCUT2D eigenvalue weighted by Crippen LogP contribution is 2.33. The van der Waals surface area contributed by atoms with Crippen molar-refractivity contribution >= 4 is 16.9 Å². The minimum Gasteiger partial charge on any atom is -0.475 e. The van der Waals surface area contributed by atoms with E-state index in [1.54, 1.807) is 6.07 Å². The molecule has 0 amide bonds. The van der Waals surface area contributed by atoms with Gasteiger partial charge < -0.3 is 14.5 Å². The Hall–Kier alpha value is -2.49. The van der Waals surface area contributed by atoms with Crippen LogP contribution in [0.5, 0.6) is 0 Å². The molecule has 3 rings (SSSR count). The number of aromatic amines is 1. The molecule has 2 aromatic heterocycles. The van der Waals surface area contributed by atoms with Crippen LogP contribution in [-0.4, -0.2) is 16.1 Å². The molecular formula is C19H21NO3. The fourth-order valence-corrected chi connectivity index (χ4v) is 2.96. The van der Waals surface area contributed by atoms with Crippen molar-refractivity contribution in [3.63, 3.8) is 0 Å². The van der Waals surface area contributed by atoms with E-state index in [9.17, 15) is 4.79 Å². The van der Waals surface area contributed by atoms with Crippen molar-refractivity contribution in [1.29, 1.82) is 0 Å². The molecule has 2 heterocycles. The van der Waals surface area contributed by atoms with Crippen LogP contribution in [-0.2, 0) is 11.8 Å². The summed E-state index contributed by atoms with van der Waals surface area (Å²) in [6.07, 6.45) is 0.572. The number of hydrogen-bond donors (Lipinski definition) is 2. The van der Waals surface area contributed by atoms with E-state index in [1.165, 1.54) is 17.2 Å². The van der Waals surface area contributed by atoms with E-state index in [-0.39, 0.29) is 11.2 Å². The molecule has 4 nitrogen and oxygen atoms in total. The monoisotopic (exact) mass is 311 g/mol. The molecule has 0 aliphatic carbocycles. The van der Waals surface area contributed by atoms with Gasteiger partial charge in [-0.05, 0) is 36.2 Å². The summed E-state index contributed by atoms with van der Waals surface area (Å²) in [5.41, 5.74) is 4.60. The number of furan rings is 1. The van der Waals surface area contributed by atoms with Crippen molar-refractivity contribution in [1.82, 2.24) is 4.98 Å². The zero-order valence-electron chi connectivity index (χ0n) is 13.9. The van der Waals surface area contributed by atoms with Gasteiger partial charge in [-0.1, -0.05) is 32.9 Å². The van der Waals surface area contributed by atoms with Crippen molar-refractivity contribution < 1.29 is 14.3 Å². The molecule has 0 fully saturated rings. The normalized spacial score (nSPS) is 12.0. The van der Waals surface area contributed by atoms with E-state index in [4.69, 9.17) is 9.52 Å². The first-order chi connectivity index (χ1) is 10.8. The standard InChI is InChI=1S/C19H21NO3/c1-11-5-7-13-14(10-12-6-8-16(23-12)18(21)22)17(19(2,3)4)20-15(13)9-11/h5-9,20H,10H2,1-4H3,(H,21,22). The summed E-state index contributed by atoms with van der Waals surface area (Å²) >= 11 is 0. The van der Waals surface area contributed by atoms with E-state index in [1.807, 2.05) is 0 Å². The fraction of sp³-hybridized carbons (Fsp3) is 0.316. The van der Waals surface area contributed by atoms with E-state index in [0.29, 0.717) is 12.2 Å². The van der Waals surface area contributed by atoms with Gasteiger partial charge in [0.1, 0.15) is 5.76 Å². The maximum atomic E-state index is 11.0. The molecule has 1 aromatic carbocycles. The lowest BCUT2D eigenvalue weighted by Crippen LogP contribution is -2.14. The summed E-state index contributed by atoms with van der Waals surface area (Å²) in [4.78, 5) is 14.5. The molecule has 0 unspecified atom stereocenters. The minimum atomic E-state index is -1.04. The zero-order valence-corrected chi connectivity index (χ0v) is 13.9. The van der Waals surface area contributed by atoms with E-state index >= 15 is 0 Å². The Labute approximate surface area is 135 Å².